The standard InChI is InChI=1S/C19H20BrN3O4S/c1-18(9-21)6-7-23(17(25)19(2)22(3)13(24)8-28-19)16(18)14-11(20)4-5-12-15(14)27-10-26-12/h4-5,16H,6-8,10H2,1-3H3. The molecule has 0 bridgehead atoms. The Bertz CT molecular complexity index is 919. The van der Waals surface area contributed by atoms with Gasteiger partial charge in [-0.2, -0.15) is 5.26 Å². The smallest absolute Gasteiger partial charge is 0.259 e. The molecule has 3 aliphatic heterocycles. The van der Waals surface area contributed by atoms with E-state index in [0.717, 1.165) is 10.0 Å². The second kappa shape index (κ2) is 6.56. The molecule has 1 aromatic carbocycles. The summed E-state index contributed by atoms with van der Waals surface area (Å²) in [4.78, 5) is 28.0. The van der Waals surface area contributed by atoms with Crippen molar-refractivity contribution in [1.29, 1.82) is 5.26 Å². The Hall–Kier alpha value is -1.92. The van der Waals surface area contributed by atoms with E-state index in [0.29, 0.717) is 24.5 Å². The molecule has 0 aromatic heterocycles. The molecular formula is C19H20BrN3O4S. The van der Waals surface area contributed by atoms with Gasteiger partial charge in [0.25, 0.3) is 5.91 Å². The minimum atomic E-state index is -0.988. The summed E-state index contributed by atoms with van der Waals surface area (Å²) in [5.74, 6) is 1.20. The zero-order valence-electron chi connectivity index (χ0n) is 15.8. The molecule has 148 valence electrons. The number of fused-ring (bicyclic) bond motifs is 1. The van der Waals surface area contributed by atoms with Crippen LogP contribution in [0.3, 0.4) is 0 Å². The Morgan fingerprint density at radius 3 is 2.79 bits per heavy atom. The Labute approximate surface area is 176 Å². The van der Waals surface area contributed by atoms with Crippen LogP contribution in [-0.2, 0) is 9.59 Å². The molecule has 3 atom stereocenters. The summed E-state index contributed by atoms with van der Waals surface area (Å²) in [5, 5.41) is 9.97. The molecule has 0 spiro atoms. The molecule has 3 unspecified atom stereocenters. The molecule has 0 aliphatic carbocycles. The van der Waals surface area contributed by atoms with Crippen molar-refractivity contribution in [3.05, 3.63) is 22.2 Å². The van der Waals surface area contributed by atoms with Crippen molar-refractivity contribution in [3.63, 3.8) is 0 Å². The molecule has 0 N–H and O–H groups in total. The molecule has 0 radical (unpaired) electrons. The lowest BCUT2D eigenvalue weighted by Crippen LogP contribution is -2.53. The van der Waals surface area contributed by atoms with Gasteiger partial charge in [-0.1, -0.05) is 15.9 Å². The summed E-state index contributed by atoms with van der Waals surface area (Å²) < 4.78 is 12.0. The van der Waals surface area contributed by atoms with E-state index in [1.54, 1.807) is 24.9 Å². The maximum absolute atomic E-state index is 13.6. The predicted octanol–water partition coefficient (Wildman–Crippen LogP) is 2.90. The number of nitriles is 1. The Balaban J connectivity index is 1.82. The van der Waals surface area contributed by atoms with E-state index in [4.69, 9.17) is 9.47 Å². The molecule has 0 saturated carbocycles. The average molecular weight is 466 g/mol. The first-order chi connectivity index (χ1) is 13.2. The summed E-state index contributed by atoms with van der Waals surface area (Å²) in [6.07, 6.45) is 0.537. The van der Waals surface area contributed by atoms with Gasteiger partial charge in [0.1, 0.15) is 0 Å². The van der Waals surface area contributed by atoms with Gasteiger partial charge in [-0.05, 0) is 32.4 Å². The van der Waals surface area contributed by atoms with E-state index in [2.05, 4.69) is 22.0 Å². The molecule has 1 aromatic rings. The molecular weight excluding hydrogens is 446 g/mol. The number of hydrogen-bond acceptors (Lipinski definition) is 6. The van der Waals surface area contributed by atoms with Crippen molar-refractivity contribution in [2.45, 2.75) is 31.2 Å². The molecule has 7 nitrogen and oxygen atoms in total. The van der Waals surface area contributed by atoms with Crippen LogP contribution in [0, 0.1) is 16.7 Å². The number of likely N-dealkylation sites (N-methyl/N-ethyl adjacent to an activating group) is 1. The van der Waals surface area contributed by atoms with Crippen LogP contribution in [0.1, 0.15) is 31.9 Å². The Morgan fingerprint density at radius 1 is 1.39 bits per heavy atom. The third-order valence-corrected chi connectivity index (χ3v) is 8.08. The summed E-state index contributed by atoms with van der Waals surface area (Å²) in [6.45, 7) is 4.18. The van der Waals surface area contributed by atoms with Crippen LogP contribution < -0.4 is 9.47 Å². The number of benzene rings is 1. The number of hydrogen-bond donors (Lipinski definition) is 0. The van der Waals surface area contributed by atoms with Crippen LogP contribution >= 0.6 is 27.7 Å². The van der Waals surface area contributed by atoms with Crippen molar-refractivity contribution in [1.82, 2.24) is 9.80 Å². The summed E-state index contributed by atoms with van der Waals surface area (Å²) >= 11 is 4.91. The average Bonchev–Trinajstić information content (AvgIpc) is 3.36. The van der Waals surface area contributed by atoms with Crippen LogP contribution in [0.4, 0.5) is 0 Å². The van der Waals surface area contributed by atoms with Crippen molar-refractivity contribution >= 4 is 39.5 Å². The van der Waals surface area contributed by atoms with Crippen LogP contribution in [0.25, 0.3) is 0 Å². The maximum Gasteiger partial charge on any atom is 0.259 e. The van der Waals surface area contributed by atoms with Crippen molar-refractivity contribution < 1.29 is 19.1 Å². The molecule has 2 saturated heterocycles. The highest BCUT2D eigenvalue weighted by molar-refractivity contribution is 9.10. The van der Waals surface area contributed by atoms with Gasteiger partial charge in [0.15, 0.2) is 16.4 Å². The van der Waals surface area contributed by atoms with E-state index in [1.807, 2.05) is 13.0 Å². The Kier molecular flexibility index (Phi) is 4.55. The van der Waals surface area contributed by atoms with Crippen LogP contribution in [0.5, 0.6) is 11.5 Å². The van der Waals surface area contributed by atoms with Gasteiger partial charge in [0, 0.05) is 23.6 Å². The van der Waals surface area contributed by atoms with Gasteiger partial charge < -0.3 is 19.3 Å². The highest BCUT2D eigenvalue weighted by atomic mass is 79.9. The third kappa shape index (κ3) is 2.61. The minimum Gasteiger partial charge on any atom is -0.454 e. The van der Waals surface area contributed by atoms with Crippen molar-refractivity contribution in [3.8, 4) is 17.6 Å². The van der Waals surface area contributed by atoms with Gasteiger partial charge in [0.2, 0.25) is 12.7 Å². The SMILES string of the molecule is CN1C(=O)CSC1(C)C(=O)N1CCC(C)(C#N)C1c1c(Br)ccc2c1OCO2. The number of ether oxygens (including phenoxy) is 2. The van der Waals surface area contributed by atoms with Crippen molar-refractivity contribution in [2.24, 2.45) is 5.41 Å². The van der Waals surface area contributed by atoms with E-state index in [1.165, 1.54) is 16.7 Å². The van der Waals surface area contributed by atoms with Gasteiger partial charge in [0.05, 0.1) is 23.3 Å². The molecule has 3 aliphatic rings. The van der Waals surface area contributed by atoms with Crippen molar-refractivity contribution in [2.75, 3.05) is 26.1 Å². The topological polar surface area (TPSA) is 82.9 Å². The monoisotopic (exact) mass is 465 g/mol. The van der Waals surface area contributed by atoms with E-state index < -0.39 is 16.3 Å². The second-order valence-electron chi connectivity index (χ2n) is 7.60. The van der Waals surface area contributed by atoms with E-state index in [-0.39, 0.29) is 24.4 Å². The zero-order chi connectivity index (χ0) is 20.3. The highest BCUT2D eigenvalue weighted by Crippen LogP contribution is 2.55. The fourth-order valence-electron chi connectivity index (χ4n) is 4.10. The number of nitrogens with zero attached hydrogens (tertiary/aromatic N) is 3. The molecule has 2 amide bonds. The molecule has 9 heteroatoms. The second-order valence-corrected chi connectivity index (χ2v) is 9.83. The zero-order valence-corrected chi connectivity index (χ0v) is 18.2. The normalized spacial score (nSPS) is 31.4. The summed E-state index contributed by atoms with van der Waals surface area (Å²) in [7, 11) is 1.65. The quantitative estimate of drug-likeness (QED) is 0.667. The molecule has 2 fully saturated rings. The number of likely N-dealkylation sites (tertiary alicyclic amines) is 1. The fourth-order valence-corrected chi connectivity index (χ4v) is 5.77. The van der Waals surface area contributed by atoms with Gasteiger partial charge in [-0.15, -0.1) is 11.8 Å². The molecule has 28 heavy (non-hydrogen) atoms. The lowest BCUT2D eigenvalue weighted by molar-refractivity contribution is -0.144. The first kappa shape index (κ1) is 19.4. The van der Waals surface area contributed by atoms with Crippen LogP contribution in [0.2, 0.25) is 0 Å². The fraction of sp³-hybridized carbons (Fsp3) is 0.526. The van der Waals surface area contributed by atoms with E-state index in [9.17, 15) is 14.9 Å². The summed E-state index contributed by atoms with van der Waals surface area (Å²) in [5.41, 5.74) is -0.0490. The number of amides is 2. The van der Waals surface area contributed by atoms with Gasteiger partial charge in [-0.25, -0.2) is 0 Å². The number of carbonyl (C=O) groups excluding carboxylic acids is 2. The lowest BCUT2D eigenvalue weighted by Gasteiger charge is -2.38. The number of rotatable bonds is 2. The first-order valence-corrected chi connectivity index (χ1v) is 10.7. The third-order valence-electron chi connectivity index (χ3n) is 5.99. The molecule has 3 heterocycles. The number of halogens is 1. The largest absolute Gasteiger partial charge is 0.454 e. The Morgan fingerprint density at radius 2 is 2.14 bits per heavy atom. The molecule has 4 rings (SSSR count). The van der Waals surface area contributed by atoms with Gasteiger partial charge >= 0.3 is 0 Å². The first-order valence-electron chi connectivity index (χ1n) is 8.94. The van der Waals surface area contributed by atoms with E-state index >= 15 is 0 Å². The van der Waals surface area contributed by atoms with Crippen LogP contribution in [0.15, 0.2) is 16.6 Å². The van der Waals surface area contributed by atoms with Gasteiger partial charge in [-0.3, -0.25) is 9.59 Å². The predicted molar refractivity (Wildman–Crippen MR) is 107 cm³/mol. The number of thioether (sulfide) groups is 1. The minimum absolute atomic E-state index is 0.0711. The lowest BCUT2D eigenvalue weighted by atomic mass is 9.80. The number of carbonyl (C=O) groups is 2. The van der Waals surface area contributed by atoms with Crippen LogP contribution in [-0.4, -0.2) is 52.6 Å². The highest BCUT2D eigenvalue weighted by Gasteiger charge is 2.56. The summed E-state index contributed by atoms with van der Waals surface area (Å²) in [6, 6.07) is 5.56. The maximum atomic E-state index is 13.6.